The molecular weight excluding hydrogens is 402 g/mol. The molecule has 0 unspecified atom stereocenters. The second-order valence-corrected chi connectivity index (χ2v) is 5.81. The Labute approximate surface area is 139 Å². The Morgan fingerprint density at radius 3 is 2.67 bits per heavy atom. The highest BCUT2D eigenvalue weighted by atomic mass is 79.9. The van der Waals surface area contributed by atoms with Crippen LogP contribution in [-0.2, 0) is 4.74 Å². The second kappa shape index (κ2) is 6.91. The summed E-state index contributed by atoms with van der Waals surface area (Å²) in [4.78, 5) is 16.0. The van der Waals surface area contributed by atoms with Crippen molar-refractivity contribution in [3.8, 4) is 0 Å². The van der Waals surface area contributed by atoms with E-state index in [1.807, 2.05) is 18.2 Å². The number of nitrogens with zero attached hydrogens (tertiary/aromatic N) is 1. The number of rotatable bonds is 4. The van der Waals surface area contributed by atoms with E-state index in [0.717, 1.165) is 14.6 Å². The van der Waals surface area contributed by atoms with Gasteiger partial charge < -0.3 is 15.8 Å². The Morgan fingerprint density at radius 2 is 2.05 bits per heavy atom. The number of anilines is 3. The summed E-state index contributed by atoms with van der Waals surface area (Å²) in [5.41, 5.74) is 7.15. The zero-order valence-electron chi connectivity index (χ0n) is 11.2. The van der Waals surface area contributed by atoms with Crippen molar-refractivity contribution in [3.63, 3.8) is 0 Å². The van der Waals surface area contributed by atoms with Crippen LogP contribution in [0.25, 0.3) is 0 Å². The lowest BCUT2D eigenvalue weighted by molar-refractivity contribution is 0.0527. The molecule has 0 aliphatic carbocycles. The van der Waals surface area contributed by atoms with Gasteiger partial charge in [0.1, 0.15) is 5.82 Å². The monoisotopic (exact) mass is 413 g/mol. The molecule has 0 aliphatic rings. The largest absolute Gasteiger partial charge is 0.462 e. The van der Waals surface area contributed by atoms with E-state index in [0.29, 0.717) is 12.4 Å². The minimum absolute atomic E-state index is 0.283. The molecule has 21 heavy (non-hydrogen) atoms. The van der Waals surface area contributed by atoms with Crippen molar-refractivity contribution in [2.24, 2.45) is 0 Å². The minimum atomic E-state index is -0.466. The van der Waals surface area contributed by atoms with Gasteiger partial charge in [0.25, 0.3) is 0 Å². The van der Waals surface area contributed by atoms with Crippen LogP contribution in [-0.4, -0.2) is 17.6 Å². The number of hydrogen-bond acceptors (Lipinski definition) is 5. The van der Waals surface area contributed by atoms with E-state index >= 15 is 0 Å². The van der Waals surface area contributed by atoms with E-state index in [-0.39, 0.29) is 11.3 Å². The minimum Gasteiger partial charge on any atom is -0.462 e. The number of carbonyl (C=O) groups is 1. The third kappa shape index (κ3) is 3.74. The van der Waals surface area contributed by atoms with E-state index in [2.05, 4.69) is 42.2 Å². The SMILES string of the molecule is CCOC(=O)c1cc(Nc2c(Br)cccc2Br)ncc1N. The van der Waals surface area contributed by atoms with Crippen LogP contribution in [0.4, 0.5) is 17.2 Å². The molecule has 2 rings (SSSR count). The number of nitrogens with two attached hydrogens (primary N) is 1. The van der Waals surface area contributed by atoms with Crippen molar-refractivity contribution >= 4 is 55.0 Å². The average Bonchev–Trinajstić information content (AvgIpc) is 2.45. The smallest absolute Gasteiger partial charge is 0.340 e. The van der Waals surface area contributed by atoms with Gasteiger partial charge in [-0.25, -0.2) is 9.78 Å². The molecule has 0 bridgehead atoms. The second-order valence-electron chi connectivity index (χ2n) is 4.10. The third-order valence-corrected chi connectivity index (χ3v) is 3.97. The van der Waals surface area contributed by atoms with Crippen LogP contribution in [0.2, 0.25) is 0 Å². The van der Waals surface area contributed by atoms with Gasteiger partial charge >= 0.3 is 5.97 Å². The first-order valence-corrected chi connectivity index (χ1v) is 7.75. The summed E-state index contributed by atoms with van der Waals surface area (Å²) in [7, 11) is 0. The summed E-state index contributed by atoms with van der Waals surface area (Å²) in [5.74, 6) is 0.0338. The Kier molecular flexibility index (Phi) is 5.19. The standard InChI is InChI=1S/C14H13Br2N3O2/c1-2-21-14(20)8-6-12(18-7-11(8)17)19-13-9(15)4-3-5-10(13)16/h3-7H,2,17H2,1H3,(H,18,19). The molecule has 110 valence electrons. The number of benzene rings is 1. The lowest BCUT2D eigenvalue weighted by atomic mass is 10.2. The fraction of sp³-hybridized carbons (Fsp3) is 0.143. The van der Waals surface area contributed by atoms with Crippen molar-refractivity contribution in [1.29, 1.82) is 0 Å². The van der Waals surface area contributed by atoms with Crippen LogP contribution >= 0.6 is 31.9 Å². The molecule has 1 aromatic heterocycles. The predicted octanol–water partition coefficient (Wildman–Crippen LogP) is 4.11. The Hall–Kier alpha value is -1.60. The van der Waals surface area contributed by atoms with Crippen molar-refractivity contribution in [1.82, 2.24) is 4.98 Å². The summed E-state index contributed by atoms with van der Waals surface area (Å²) in [6.07, 6.45) is 1.43. The molecule has 0 amide bonds. The summed E-state index contributed by atoms with van der Waals surface area (Å²) >= 11 is 6.91. The lowest BCUT2D eigenvalue weighted by Gasteiger charge is -2.12. The summed E-state index contributed by atoms with van der Waals surface area (Å²) in [6, 6.07) is 7.27. The number of nitrogens with one attached hydrogen (secondary N) is 1. The van der Waals surface area contributed by atoms with Gasteiger partial charge in [0.05, 0.1) is 29.7 Å². The third-order valence-electron chi connectivity index (χ3n) is 2.65. The van der Waals surface area contributed by atoms with Crippen LogP contribution in [0.1, 0.15) is 17.3 Å². The Balaban J connectivity index is 2.33. The summed E-state index contributed by atoms with van der Waals surface area (Å²) in [6.45, 7) is 2.03. The topological polar surface area (TPSA) is 77.2 Å². The van der Waals surface area contributed by atoms with Crippen molar-refractivity contribution < 1.29 is 9.53 Å². The first kappa shape index (κ1) is 15.8. The highest BCUT2D eigenvalue weighted by Gasteiger charge is 2.13. The molecule has 7 heteroatoms. The number of halogens is 2. The Morgan fingerprint density at radius 1 is 1.38 bits per heavy atom. The highest BCUT2D eigenvalue weighted by Crippen LogP contribution is 2.33. The molecule has 5 nitrogen and oxygen atoms in total. The van der Waals surface area contributed by atoms with Gasteiger partial charge in [-0.15, -0.1) is 0 Å². The molecule has 1 heterocycles. The number of ether oxygens (including phenoxy) is 1. The number of pyridine rings is 1. The molecule has 0 saturated heterocycles. The number of carbonyl (C=O) groups excluding carboxylic acids is 1. The summed E-state index contributed by atoms with van der Waals surface area (Å²) < 4.78 is 6.71. The number of hydrogen-bond donors (Lipinski definition) is 2. The molecule has 0 saturated carbocycles. The van der Waals surface area contributed by atoms with E-state index in [1.165, 1.54) is 6.20 Å². The van der Waals surface area contributed by atoms with Gasteiger partial charge in [-0.3, -0.25) is 0 Å². The quantitative estimate of drug-likeness (QED) is 0.736. The first-order valence-electron chi connectivity index (χ1n) is 6.16. The van der Waals surface area contributed by atoms with Crippen LogP contribution < -0.4 is 11.1 Å². The van der Waals surface area contributed by atoms with E-state index < -0.39 is 5.97 Å². The maximum absolute atomic E-state index is 11.8. The predicted molar refractivity (Wildman–Crippen MR) is 89.7 cm³/mol. The van der Waals surface area contributed by atoms with Crippen molar-refractivity contribution in [2.75, 3.05) is 17.7 Å². The fourth-order valence-electron chi connectivity index (χ4n) is 1.67. The number of esters is 1. The highest BCUT2D eigenvalue weighted by molar-refractivity contribution is 9.11. The number of aromatic nitrogens is 1. The lowest BCUT2D eigenvalue weighted by Crippen LogP contribution is -2.09. The van der Waals surface area contributed by atoms with E-state index in [4.69, 9.17) is 10.5 Å². The maximum Gasteiger partial charge on any atom is 0.340 e. The van der Waals surface area contributed by atoms with Gasteiger partial charge in [-0.2, -0.15) is 0 Å². The van der Waals surface area contributed by atoms with Gasteiger partial charge in [-0.05, 0) is 57.0 Å². The maximum atomic E-state index is 11.8. The van der Waals surface area contributed by atoms with Crippen LogP contribution in [0.5, 0.6) is 0 Å². The molecule has 0 aliphatic heterocycles. The molecule has 0 spiro atoms. The van der Waals surface area contributed by atoms with Gasteiger partial charge in [0.2, 0.25) is 0 Å². The van der Waals surface area contributed by atoms with Crippen molar-refractivity contribution in [2.45, 2.75) is 6.92 Å². The van der Waals surface area contributed by atoms with E-state index in [9.17, 15) is 4.79 Å². The molecule has 3 N–H and O–H groups in total. The molecule has 2 aromatic rings. The van der Waals surface area contributed by atoms with Crippen LogP contribution in [0.15, 0.2) is 39.4 Å². The molecule has 1 aromatic carbocycles. The van der Waals surface area contributed by atoms with Gasteiger partial charge in [0.15, 0.2) is 0 Å². The van der Waals surface area contributed by atoms with Crippen molar-refractivity contribution in [3.05, 3.63) is 45.0 Å². The number of nitrogen functional groups attached to an aromatic ring is 1. The fourth-order valence-corrected chi connectivity index (χ4v) is 2.86. The first-order chi connectivity index (χ1) is 10.0. The summed E-state index contributed by atoms with van der Waals surface area (Å²) in [5, 5.41) is 3.14. The van der Waals surface area contributed by atoms with Gasteiger partial charge in [-0.1, -0.05) is 6.07 Å². The molecule has 0 radical (unpaired) electrons. The molecule has 0 fully saturated rings. The Bertz CT molecular complexity index is 657. The normalized spacial score (nSPS) is 10.2. The van der Waals surface area contributed by atoms with Gasteiger partial charge in [0, 0.05) is 8.95 Å². The molecule has 0 atom stereocenters. The van der Waals surface area contributed by atoms with E-state index in [1.54, 1.807) is 13.0 Å². The average molecular weight is 415 g/mol. The zero-order chi connectivity index (χ0) is 15.4. The molecular formula is C14H13Br2N3O2. The van der Waals surface area contributed by atoms with Crippen LogP contribution in [0.3, 0.4) is 0 Å². The van der Waals surface area contributed by atoms with Crippen LogP contribution in [0, 0.1) is 0 Å². The zero-order valence-corrected chi connectivity index (χ0v) is 14.4. The number of para-hydroxylation sites is 1.